The first-order valence-corrected chi connectivity index (χ1v) is 10.00. The maximum absolute atomic E-state index is 12.8. The predicted molar refractivity (Wildman–Crippen MR) is 100 cm³/mol. The van der Waals surface area contributed by atoms with Crippen LogP contribution in [0.5, 0.6) is 0 Å². The lowest BCUT2D eigenvalue weighted by atomic mass is 10.0. The first-order chi connectivity index (χ1) is 12.4. The average Bonchev–Trinajstić information content (AvgIpc) is 3.14. The highest BCUT2D eigenvalue weighted by Crippen LogP contribution is 2.31. The van der Waals surface area contributed by atoms with E-state index >= 15 is 0 Å². The lowest BCUT2D eigenvalue weighted by Gasteiger charge is -2.25. The van der Waals surface area contributed by atoms with Gasteiger partial charge >= 0.3 is 0 Å². The Kier molecular flexibility index (Phi) is 4.13. The second-order valence-corrected chi connectivity index (χ2v) is 8.52. The molecule has 0 fully saturated rings. The minimum atomic E-state index is -3.67. The van der Waals surface area contributed by atoms with Crippen molar-refractivity contribution >= 4 is 38.1 Å². The molecular weight excluding hydrogens is 374 g/mol. The van der Waals surface area contributed by atoms with Crippen molar-refractivity contribution in [2.24, 2.45) is 14.1 Å². The fraction of sp³-hybridized carbons (Fsp3) is 0.294. The van der Waals surface area contributed by atoms with Crippen LogP contribution in [0.4, 0.5) is 0 Å². The summed E-state index contributed by atoms with van der Waals surface area (Å²) in [5.74, 6) is 0. The molecule has 3 heterocycles. The maximum atomic E-state index is 12.8. The highest BCUT2D eigenvalue weighted by Gasteiger charge is 2.31. The van der Waals surface area contributed by atoms with Crippen LogP contribution in [-0.2, 0) is 24.1 Å². The van der Waals surface area contributed by atoms with Gasteiger partial charge in [0.15, 0.2) is 0 Å². The molecule has 136 valence electrons. The Morgan fingerprint density at radius 3 is 2.58 bits per heavy atom. The molecular formula is C17H18ClN5O2S. The van der Waals surface area contributed by atoms with Crippen molar-refractivity contribution < 1.29 is 8.42 Å². The van der Waals surface area contributed by atoms with E-state index in [2.05, 4.69) is 10.2 Å². The van der Waals surface area contributed by atoms with E-state index in [0.717, 1.165) is 22.2 Å². The van der Waals surface area contributed by atoms with Gasteiger partial charge in [-0.2, -0.15) is 14.5 Å². The Labute approximate surface area is 156 Å². The smallest absolute Gasteiger partial charge is 0.248 e. The van der Waals surface area contributed by atoms with Gasteiger partial charge in [0.05, 0.1) is 17.4 Å². The number of halogens is 1. The molecule has 0 atom stereocenters. The minimum absolute atomic E-state index is 0.0458. The second kappa shape index (κ2) is 6.22. The standard InChI is InChI=1S/C17H18ClN5O2S/c1-21-16(13-5-3-4-6-14(13)20-21)12-7-9-23(10-8-12)26(24,25)15-11-19-22(2)17(15)18/h3-7,11H,8-10H2,1-2H3. The van der Waals surface area contributed by atoms with E-state index in [-0.39, 0.29) is 10.0 Å². The molecule has 0 saturated heterocycles. The van der Waals surface area contributed by atoms with Gasteiger partial charge in [-0.05, 0) is 18.1 Å². The summed E-state index contributed by atoms with van der Waals surface area (Å²) in [5, 5.41) is 9.66. The summed E-state index contributed by atoms with van der Waals surface area (Å²) in [6, 6.07) is 7.96. The van der Waals surface area contributed by atoms with Crippen LogP contribution < -0.4 is 0 Å². The van der Waals surface area contributed by atoms with Crippen LogP contribution in [0.3, 0.4) is 0 Å². The van der Waals surface area contributed by atoms with Crippen molar-refractivity contribution in [1.29, 1.82) is 0 Å². The fourth-order valence-corrected chi connectivity index (χ4v) is 5.12. The molecule has 7 nitrogen and oxygen atoms in total. The zero-order valence-corrected chi connectivity index (χ0v) is 16.0. The van der Waals surface area contributed by atoms with Crippen molar-refractivity contribution in [2.45, 2.75) is 11.3 Å². The molecule has 0 unspecified atom stereocenters. The quantitative estimate of drug-likeness (QED) is 0.687. The molecule has 0 bridgehead atoms. The van der Waals surface area contributed by atoms with Crippen LogP contribution in [0.2, 0.25) is 5.15 Å². The number of benzene rings is 1. The van der Waals surface area contributed by atoms with Crippen molar-refractivity contribution in [3.05, 3.63) is 47.4 Å². The monoisotopic (exact) mass is 391 g/mol. The fourth-order valence-electron chi connectivity index (χ4n) is 3.33. The normalized spacial score (nSPS) is 16.2. The van der Waals surface area contributed by atoms with Gasteiger partial charge in [0.1, 0.15) is 10.0 Å². The first kappa shape index (κ1) is 17.3. The van der Waals surface area contributed by atoms with Crippen molar-refractivity contribution in [2.75, 3.05) is 13.1 Å². The van der Waals surface area contributed by atoms with Gasteiger partial charge in [-0.15, -0.1) is 0 Å². The Balaban J connectivity index is 1.66. The molecule has 3 aromatic rings. The molecule has 0 saturated carbocycles. The third-order valence-corrected chi connectivity index (χ3v) is 7.10. The average molecular weight is 392 g/mol. The highest BCUT2D eigenvalue weighted by atomic mass is 35.5. The number of rotatable bonds is 3. The van der Waals surface area contributed by atoms with Gasteiger partial charge in [-0.1, -0.05) is 35.9 Å². The van der Waals surface area contributed by atoms with Gasteiger partial charge in [-0.25, -0.2) is 8.42 Å². The molecule has 9 heteroatoms. The summed E-state index contributed by atoms with van der Waals surface area (Å²) in [6.07, 6.45) is 3.86. The van der Waals surface area contributed by atoms with Gasteiger partial charge in [0.2, 0.25) is 10.0 Å². The van der Waals surface area contributed by atoms with Crippen molar-refractivity contribution in [1.82, 2.24) is 23.9 Å². The summed E-state index contributed by atoms with van der Waals surface area (Å²) in [5.41, 5.74) is 3.07. The molecule has 1 aliphatic rings. The SMILES string of the molecule is Cn1ncc(S(=O)(=O)N2CC=C(c3c4ccccc4nn3C)CC2)c1Cl. The van der Waals surface area contributed by atoms with E-state index in [4.69, 9.17) is 11.6 Å². The second-order valence-electron chi connectivity index (χ2n) is 6.26. The topological polar surface area (TPSA) is 73.0 Å². The van der Waals surface area contributed by atoms with Gasteiger partial charge in [0.25, 0.3) is 0 Å². The number of nitrogens with zero attached hydrogens (tertiary/aromatic N) is 5. The maximum Gasteiger partial charge on any atom is 0.248 e. The Morgan fingerprint density at radius 1 is 1.15 bits per heavy atom. The van der Waals surface area contributed by atoms with Crippen molar-refractivity contribution in [3.8, 4) is 0 Å². The van der Waals surface area contributed by atoms with E-state index in [0.29, 0.717) is 19.5 Å². The lowest BCUT2D eigenvalue weighted by Crippen LogP contribution is -2.34. The van der Waals surface area contributed by atoms with Gasteiger partial charge in [0, 0.05) is 32.6 Å². The van der Waals surface area contributed by atoms with Crippen LogP contribution in [0.15, 0.2) is 41.4 Å². The van der Waals surface area contributed by atoms with E-state index in [1.807, 2.05) is 42.1 Å². The van der Waals surface area contributed by atoms with Gasteiger partial charge in [-0.3, -0.25) is 9.36 Å². The molecule has 1 aliphatic heterocycles. The Hall–Kier alpha value is -2.16. The van der Waals surface area contributed by atoms with Crippen molar-refractivity contribution in [3.63, 3.8) is 0 Å². The van der Waals surface area contributed by atoms with E-state index in [1.54, 1.807) is 7.05 Å². The largest absolute Gasteiger partial charge is 0.267 e. The van der Waals surface area contributed by atoms with Gasteiger partial charge < -0.3 is 0 Å². The van der Waals surface area contributed by atoms with E-state index in [9.17, 15) is 8.42 Å². The number of hydrogen-bond acceptors (Lipinski definition) is 4. The number of aryl methyl sites for hydroxylation is 2. The summed E-state index contributed by atoms with van der Waals surface area (Å²) in [6.45, 7) is 0.682. The van der Waals surface area contributed by atoms with Crippen LogP contribution >= 0.6 is 11.6 Å². The number of hydrogen-bond donors (Lipinski definition) is 0. The Morgan fingerprint density at radius 2 is 1.92 bits per heavy atom. The summed E-state index contributed by atoms with van der Waals surface area (Å²) in [4.78, 5) is 0.0458. The number of sulfonamides is 1. The molecule has 1 aromatic carbocycles. The minimum Gasteiger partial charge on any atom is -0.267 e. The zero-order chi connectivity index (χ0) is 18.5. The van der Waals surface area contributed by atoms with Crippen LogP contribution in [0.25, 0.3) is 16.5 Å². The molecule has 0 radical (unpaired) electrons. The van der Waals surface area contributed by atoms with Crippen LogP contribution in [0, 0.1) is 0 Å². The first-order valence-electron chi connectivity index (χ1n) is 8.18. The highest BCUT2D eigenvalue weighted by molar-refractivity contribution is 7.89. The summed E-state index contributed by atoms with van der Waals surface area (Å²) in [7, 11) is -0.140. The summed E-state index contributed by atoms with van der Waals surface area (Å²) < 4.78 is 30.3. The molecule has 0 N–H and O–H groups in total. The van der Waals surface area contributed by atoms with Crippen LogP contribution in [-0.4, -0.2) is 45.4 Å². The molecule has 0 spiro atoms. The molecule has 2 aromatic heterocycles. The van der Waals surface area contributed by atoms with E-state index < -0.39 is 10.0 Å². The zero-order valence-electron chi connectivity index (χ0n) is 14.4. The van der Waals surface area contributed by atoms with E-state index in [1.165, 1.54) is 15.2 Å². The Bertz CT molecular complexity index is 1130. The molecule has 0 aliphatic carbocycles. The molecule has 4 rings (SSSR count). The third-order valence-electron chi connectivity index (χ3n) is 4.67. The van der Waals surface area contributed by atoms with Crippen LogP contribution in [0.1, 0.15) is 12.1 Å². The summed E-state index contributed by atoms with van der Waals surface area (Å²) >= 11 is 6.08. The number of fused-ring (bicyclic) bond motifs is 1. The third kappa shape index (κ3) is 2.65. The predicted octanol–water partition coefficient (Wildman–Crippen LogP) is 2.44. The number of aromatic nitrogens is 4. The lowest BCUT2D eigenvalue weighted by molar-refractivity contribution is 0.440. The molecule has 26 heavy (non-hydrogen) atoms. The molecule has 0 amide bonds.